The van der Waals surface area contributed by atoms with Crippen LogP contribution < -0.4 is 9.64 Å². The Morgan fingerprint density at radius 2 is 1.87 bits per heavy atom. The van der Waals surface area contributed by atoms with E-state index in [4.69, 9.17) is 14.7 Å². The van der Waals surface area contributed by atoms with Crippen LogP contribution in [0.2, 0.25) is 0 Å². The number of thiophene rings is 1. The number of aromatic nitrogens is 2. The fourth-order valence-electron chi connectivity index (χ4n) is 4.14. The number of rotatable bonds is 5. The van der Waals surface area contributed by atoms with Crippen LogP contribution in [0.3, 0.4) is 0 Å². The van der Waals surface area contributed by atoms with Gasteiger partial charge in [-0.3, -0.25) is 4.90 Å². The van der Waals surface area contributed by atoms with Crippen molar-refractivity contribution in [3.8, 4) is 11.6 Å². The van der Waals surface area contributed by atoms with Gasteiger partial charge in [-0.05, 0) is 42.8 Å². The van der Waals surface area contributed by atoms with E-state index in [0.29, 0.717) is 18.4 Å². The molecule has 4 heterocycles. The molecule has 0 amide bonds. The van der Waals surface area contributed by atoms with E-state index in [1.165, 1.54) is 17.4 Å². The average molecular weight is 425 g/mol. The van der Waals surface area contributed by atoms with Crippen LogP contribution in [-0.2, 0) is 19.5 Å². The maximum atomic E-state index is 14.3. The largest absolute Gasteiger partial charge is 0.435 e. The van der Waals surface area contributed by atoms with Gasteiger partial charge >= 0.3 is 0 Å². The molecule has 0 bridgehead atoms. The highest BCUT2D eigenvalue weighted by Crippen LogP contribution is 2.33. The third-order valence-electron chi connectivity index (χ3n) is 5.73. The van der Waals surface area contributed by atoms with E-state index in [9.17, 15) is 4.39 Å². The van der Waals surface area contributed by atoms with Crippen LogP contribution in [0.4, 0.5) is 10.3 Å². The van der Waals surface area contributed by atoms with Crippen LogP contribution in [0, 0.1) is 5.82 Å². The van der Waals surface area contributed by atoms with Gasteiger partial charge in [-0.1, -0.05) is 18.2 Å². The summed E-state index contributed by atoms with van der Waals surface area (Å²) in [6.07, 6.45) is 4.40. The smallest absolute Gasteiger partial charge is 0.229 e. The van der Waals surface area contributed by atoms with Gasteiger partial charge in [0.05, 0.1) is 11.3 Å². The molecule has 0 N–H and O–H groups in total. The second-order valence-corrected chi connectivity index (χ2v) is 8.91. The molecule has 3 aromatic rings. The van der Waals surface area contributed by atoms with Crippen molar-refractivity contribution in [1.82, 2.24) is 14.9 Å². The van der Waals surface area contributed by atoms with Gasteiger partial charge in [0.2, 0.25) is 11.8 Å². The van der Waals surface area contributed by atoms with E-state index in [2.05, 4.69) is 27.3 Å². The Kier molecular flexibility index (Phi) is 5.64. The van der Waals surface area contributed by atoms with Crippen LogP contribution in [0.1, 0.15) is 35.4 Å². The van der Waals surface area contributed by atoms with E-state index >= 15 is 0 Å². The van der Waals surface area contributed by atoms with Crippen molar-refractivity contribution >= 4 is 17.3 Å². The van der Waals surface area contributed by atoms with Crippen LogP contribution in [0.5, 0.6) is 11.6 Å². The minimum atomic E-state index is -0.379. The zero-order valence-electron chi connectivity index (χ0n) is 16.9. The lowest BCUT2D eigenvalue weighted by Crippen LogP contribution is -2.34. The molecule has 156 valence electrons. The number of anilines is 1. The van der Waals surface area contributed by atoms with E-state index < -0.39 is 0 Å². The van der Waals surface area contributed by atoms with Gasteiger partial charge < -0.3 is 9.64 Å². The number of piperidine rings is 1. The highest BCUT2D eigenvalue weighted by molar-refractivity contribution is 7.09. The third-order valence-corrected chi connectivity index (χ3v) is 6.59. The first kappa shape index (κ1) is 19.5. The van der Waals surface area contributed by atoms with Gasteiger partial charge in [0.25, 0.3) is 0 Å². The molecule has 0 unspecified atom stereocenters. The van der Waals surface area contributed by atoms with Crippen LogP contribution >= 0.6 is 11.3 Å². The number of ether oxygens (including phenoxy) is 1. The second-order valence-electron chi connectivity index (χ2n) is 7.87. The van der Waals surface area contributed by atoms with Crippen LogP contribution in [0.15, 0.2) is 41.8 Å². The zero-order valence-corrected chi connectivity index (χ0v) is 17.7. The summed E-state index contributed by atoms with van der Waals surface area (Å²) < 4.78 is 20.3. The topological polar surface area (TPSA) is 41.5 Å². The average Bonchev–Trinajstić information content (AvgIpc) is 3.29. The molecule has 1 aromatic carbocycles. The second kappa shape index (κ2) is 8.70. The number of hydrogen-bond donors (Lipinski definition) is 0. The quantitative estimate of drug-likeness (QED) is 0.575. The van der Waals surface area contributed by atoms with Gasteiger partial charge in [-0.2, -0.15) is 4.98 Å². The number of hydrogen-bond acceptors (Lipinski definition) is 6. The Labute approximate surface area is 180 Å². The predicted octanol–water partition coefficient (Wildman–Crippen LogP) is 5.02. The fourth-order valence-corrected chi connectivity index (χ4v) is 4.88. The molecular formula is C23H25FN4OS. The van der Waals surface area contributed by atoms with E-state index in [0.717, 1.165) is 56.7 Å². The van der Waals surface area contributed by atoms with Crippen molar-refractivity contribution in [3.63, 3.8) is 0 Å². The predicted molar refractivity (Wildman–Crippen MR) is 117 cm³/mol. The molecule has 1 fully saturated rings. The molecule has 7 heteroatoms. The van der Waals surface area contributed by atoms with Crippen molar-refractivity contribution in [2.24, 2.45) is 0 Å². The van der Waals surface area contributed by atoms with E-state index in [1.54, 1.807) is 29.5 Å². The molecule has 1 saturated heterocycles. The molecule has 2 aliphatic heterocycles. The molecule has 30 heavy (non-hydrogen) atoms. The number of benzene rings is 1. The number of halogens is 1. The lowest BCUT2D eigenvalue weighted by molar-refractivity contribution is 0.240. The van der Waals surface area contributed by atoms with Crippen molar-refractivity contribution in [2.75, 3.05) is 24.5 Å². The molecule has 5 nitrogen and oxygen atoms in total. The van der Waals surface area contributed by atoms with E-state index in [-0.39, 0.29) is 11.6 Å². The first-order chi connectivity index (χ1) is 14.8. The Hall–Kier alpha value is -2.51. The van der Waals surface area contributed by atoms with Crippen LogP contribution in [-0.4, -0.2) is 34.5 Å². The highest BCUT2D eigenvalue weighted by atomic mass is 32.1. The number of para-hydroxylation sites is 1. The Balaban J connectivity index is 1.48. The molecule has 0 aliphatic carbocycles. The summed E-state index contributed by atoms with van der Waals surface area (Å²) in [4.78, 5) is 15.6. The maximum absolute atomic E-state index is 14.3. The zero-order chi connectivity index (χ0) is 20.3. The monoisotopic (exact) mass is 424 g/mol. The Morgan fingerprint density at radius 1 is 1.00 bits per heavy atom. The van der Waals surface area contributed by atoms with Crippen molar-refractivity contribution in [3.05, 3.63) is 63.7 Å². The number of nitrogens with zero attached hydrogens (tertiary/aromatic N) is 4. The van der Waals surface area contributed by atoms with Gasteiger partial charge in [-0.25, -0.2) is 9.37 Å². The third kappa shape index (κ3) is 4.18. The minimum Gasteiger partial charge on any atom is -0.435 e. The van der Waals surface area contributed by atoms with Gasteiger partial charge in [0, 0.05) is 44.0 Å². The molecule has 2 aromatic heterocycles. The summed E-state index contributed by atoms with van der Waals surface area (Å²) in [6, 6.07) is 10.8. The number of fused-ring (bicyclic) bond motifs is 1. The summed E-state index contributed by atoms with van der Waals surface area (Å²) in [5.74, 6) is 1.03. The SMILES string of the molecule is Fc1ccccc1Oc1nc(N2CCCCC2)nc2c1CN(Cc1cccs1)CC2. The fraction of sp³-hybridized carbons (Fsp3) is 0.391. The normalized spacial score (nSPS) is 17.0. The first-order valence-electron chi connectivity index (χ1n) is 10.6. The summed E-state index contributed by atoms with van der Waals surface area (Å²) >= 11 is 1.77. The lowest BCUT2D eigenvalue weighted by atomic mass is 10.1. The highest BCUT2D eigenvalue weighted by Gasteiger charge is 2.26. The van der Waals surface area contributed by atoms with Gasteiger partial charge in [0.15, 0.2) is 11.6 Å². The lowest BCUT2D eigenvalue weighted by Gasteiger charge is -2.31. The van der Waals surface area contributed by atoms with Crippen molar-refractivity contribution in [2.45, 2.75) is 38.8 Å². The van der Waals surface area contributed by atoms with Crippen LogP contribution in [0.25, 0.3) is 0 Å². The van der Waals surface area contributed by atoms with Gasteiger partial charge in [-0.15, -0.1) is 11.3 Å². The molecule has 5 rings (SSSR count). The van der Waals surface area contributed by atoms with E-state index in [1.807, 2.05) is 0 Å². The maximum Gasteiger partial charge on any atom is 0.229 e. The molecular weight excluding hydrogens is 399 g/mol. The summed E-state index contributed by atoms with van der Waals surface area (Å²) in [5.41, 5.74) is 2.00. The van der Waals surface area contributed by atoms with Crippen molar-refractivity contribution in [1.29, 1.82) is 0 Å². The summed E-state index contributed by atoms with van der Waals surface area (Å²) in [7, 11) is 0. The molecule has 0 spiro atoms. The van der Waals surface area contributed by atoms with Crippen molar-refractivity contribution < 1.29 is 9.13 Å². The molecule has 0 radical (unpaired) electrons. The Morgan fingerprint density at radius 3 is 2.67 bits per heavy atom. The Bertz CT molecular complexity index is 1000. The summed E-state index contributed by atoms with van der Waals surface area (Å²) in [6.45, 7) is 4.47. The summed E-state index contributed by atoms with van der Waals surface area (Å²) in [5, 5.41) is 2.11. The molecule has 0 saturated carbocycles. The standard InChI is InChI=1S/C23H25FN4OS/c24-19-8-2-3-9-21(19)29-22-18-16-27(15-17-7-6-14-30-17)13-10-20(18)25-23(26-22)28-11-4-1-5-12-28/h2-3,6-9,14H,1,4-5,10-13,15-16H2. The first-order valence-corrected chi connectivity index (χ1v) is 11.5. The molecule has 0 atom stereocenters. The molecule has 2 aliphatic rings. The van der Waals surface area contributed by atoms with Gasteiger partial charge in [0.1, 0.15) is 0 Å². The minimum absolute atomic E-state index is 0.207.